The smallest absolute Gasteiger partial charge is 0.450 e. The average Bonchev–Trinajstić information content (AvgIpc) is 2.77. The number of rotatable bonds is 5. The molecule has 4 nitrogen and oxygen atoms in total. The summed E-state index contributed by atoms with van der Waals surface area (Å²) in [6.45, 7) is 0.0389. The third-order valence-electron chi connectivity index (χ3n) is 4.91. The van der Waals surface area contributed by atoms with Gasteiger partial charge in [0.25, 0.3) is 0 Å². The molecule has 3 aromatic carbocycles. The van der Waals surface area contributed by atoms with Gasteiger partial charge in [-0.15, -0.1) is 0 Å². The minimum atomic E-state index is -4.92. The topological polar surface area (TPSA) is 48.7 Å². The number of para-hydroxylation sites is 1. The molecule has 0 aliphatic rings. The fraction of sp³-hybridized carbons (Fsp3) is 0.125. The lowest BCUT2D eigenvalue weighted by Gasteiger charge is -2.15. The zero-order chi connectivity index (χ0) is 23.8. The van der Waals surface area contributed by atoms with Crippen LogP contribution in [0.5, 0.6) is 11.5 Å². The fourth-order valence-electron chi connectivity index (χ4n) is 3.36. The van der Waals surface area contributed by atoms with E-state index in [4.69, 9.17) is 37.1 Å². The van der Waals surface area contributed by atoms with Gasteiger partial charge in [-0.2, -0.15) is 13.2 Å². The van der Waals surface area contributed by atoms with Crippen LogP contribution in [-0.2, 0) is 12.8 Å². The van der Waals surface area contributed by atoms with E-state index >= 15 is 0 Å². The Hall–Kier alpha value is -3.16. The van der Waals surface area contributed by atoms with Crippen molar-refractivity contribution in [3.63, 3.8) is 0 Å². The normalized spacial score (nSPS) is 11.6. The minimum Gasteiger partial charge on any atom is -0.496 e. The predicted octanol–water partition coefficient (Wildman–Crippen LogP) is 7.37. The summed E-state index contributed by atoms with van der Waals surface area (Å²) < 4.78 is 57.7. The summed E-state index contributed by atoms with van der Waals surface area (Å²) in [7, 11) is 1.31. The van der Waals surface area contributed by atoms with E-state index in [0.29, 0.717) is 15.6 Å². The van der Waals surface area contributed by atoms with Crippen molar-refractivity contribution in [2.75, 3.05) is 7.11 Å². The molecular weight excluding hydrogens is 480 g/mol. The second-order valence-corrected chi connectivity index (χ2v) is 7.86. The van der Waals surface area contributed by atoms with Crippen LogP contribution in [0.2, 0.25) is 10.0 Å². The molecule has 0 atom stereocenters. The molecule has 0 radical (unpaired) electrons. The Bertz CT molecular complexity index is 1400. The molecule has 0 N–H and O–H groups in total. The third kappa shape index (κ3) is 4.65. The standard InChI is InChI=1S/C24H15Cl2F3O4/c1-31-19-5-3-2-4-16(19)21-22(30)17-9-8-15(11-20(17)33-23(21)24(27,28)29)32-12-13-6-7-14(25)10-18(13)26/h2-11H,12H2,1H3. The first-order chi connectivity index (χ1) is 15.7. The Morgan fingerprint density at radius 2 is 1.76 bits per heavy atom. The summed E-state index contributed by atoms with van der Waals surface area (Å²) in [6.07, 6.45) is -4.92. The molecule has 0 saturated heterocycles. The first-order valence-corrected chi connectivity index (χ1v) is 10.3. The molecule has 4 aromatic rings. The van der Waals surface area contributed by atoms with Gasteiger partial charge in [0.1, 0.15) is 23.7 Å². The number of hydrogen-bond donors (Lipinski definition) is 0. The molecule has 0 spiro atoms. The molecule has 170 valence electrons. The maximum Gasteiger partial charge on any atom is 0.450 e. The second-order valence-electron chi connectivity index (χ2n) is 7.02. The summed E-state index contributed by atoms with van der Waals surface area (Å²) in [4.78, 5) is 13.1. The van der Waals surface area contributed by atoms with E-state index in [1.165, 1.54) is 43.5 Å². The highest BCUT2D eigenvalue weighted by molar-refractivity contribution is 6.35. The Balaban J connectivity index is 1.81. The van der Waals surface area contributed by atoms with Gasteiger partial charge in [-0.25, -0.2) is 0 Å². The maximum absolute atomic E-state index is 13.9. The lowest BCUT2D eigenvalue weighted by molar-refractivity contribution is -0.152. The zero-order valence-corrected chi connectivity index (χ0v) is 18.5. The lowest BCUT2D eigenvalue weighted by atomic mass is 10.0. The van der Waals surface area contributed by atoms with Crippen LogP contribution in [-0.4, -0.2) is 7.11 Å². The molecule has 9 heteroatoms. The zero-order valence-electron chi connectivity index (χ0n) is 17.0. The SMILES string of the molecule is COc1ccccc1-c1c(C(F)(F)F)oc2cc(OCc3ccc(Cl)cc3Cl)ccc2c1=O. The van der Waals surface area contributed by atoms with E-state index in [0.717, 1.165) is 0 Å². The second kappa shape index (κ2) is 9.00. The van der Waals surface area contributed by atoms with Crippen molar-refractivity contribution in [2.24, 2.45) is 0 Å². The molecule has 0 fully saturated rings. The molecule has 0 aliphatic carbocycles. The highest BCUT2D eigenvalue weighted by Crippen LogP contribution is 2.40. The van der Waals surface area contributed by atoms with E-state index in [2.05, 4.69) is 0 Å². The molecule has 0 saturated carbocycles. The highest BCUT2D eigenvalue weighted by Gasteiger charge is 2.40. The van der Waals surface area contributed by atoms with Crippen molar-refractivity contribution in [1.29, 1.82) is 0 Å². The Morgan fingerprint density at radius 1 is 1.00 bits per heavy atom. The monoisotopic (exact) mass is 494 g/mol. The van der Waals surface area contributed by atoms with Gasteiger partial charge in [0.15, 0.2) is 0 Å². The molecular formula is C24H15Cl2F3O4. The van der Waals surface area contributed by atoms with Gasteiger partial charge in [-0.3, -0.25) is 4.79 Å². The van der Waals surface area contributed by atoms with E-state index in [-0.39, 0.29) is 34.6 Å². The Labute approximate surface area is 196 Å². The quantitative estimate of drug-likeness (QED) is 0.290. The number of hydrogen-bond acceptors (Lipinski definition) is 4. The van der Waals surface area contributed by atoms with Crippen molar-refractivity contribution in [3.8, 4) is 22.6 Å². The number of ether oxygens (including phenoxy) is 2. The van der Waals surface area contributed by atoms with Gasteiger partial charge in [-0.05, 0) is 30.3 Å². The van der Waals surface area contributed by atoms with Crippen molar-refractivity contribution in [1.82, 2.24) is 0 Å². The number of halogens is 5. The first kappa shape index (κ1) is 23.0. The van der Waals surface area contributed by atoms with Crippen LogP contribution in [0.4, 0.5) is 13.2 Å². The Kier molecular flexibility index (Phi) is 6.28. The largest absolute Gasteiger partial charge is 0.496 e. The van der Waals surface area contributed by atoms with E-state index in [9.17, 15) is 18.0 Å². The number of alkyl halides is 3. The summed E-state index contributed by atoms with van der Waals surface area (Å²) in [5.41, 5.74) is -1.09. The molecule has 4 rings (SSSR count). The van der Waals surface area contributed by atoms with Crippen molar-refractivity contribution >= 4 is 34.2 Å². The van der Waals surface area contributed by atoms with Crippen molar-refractivity contribution < 1.29 is 27.1 Å². The van der Waals surface area contributed by atoms with Crippen LogP contribution in [0.25, 0.3) is 22.1 Å². The van der Waals surface area contributed by atoms with Crippen LogP contribution in [0.15, 0.2) is 69.9 Å². The molecule has 1 heterocycles. The first-order valence-electron chi connectivity index (χ1n) is 9.57. The van der Waals surface area contributed by atoms with Gasteiger partial charge < -0.3 is 13.9 Å². The number of methoxy groups -OCH3 is 1. The van der Waals surface area contributed by atoms with Crippen molar-refractivity contribution in [2.45, 2.75) is 12.8 Å². The molecule has 33 heavy (non-hydrogen) atoms. The fourth-order valence-corrected chi connectivity index (χ4v) is 3.82. The summed E-state index contributed by atoms with van der Waals surface area (Å²) in [5, 5.41) is 0.818. The van der Waals surface area contributed by atoms with Crippen LogP contribution in [0.1, 0.15) is 11.3 Å². The maximum atomic E-state index is 13.9. The predicted molar refractivity (Wildman–Crippen MR) is 120 cm³/mol. The molecule has 0 amide bonds. The Morgan fingerprint density at radius 3 is 2.45 bits per heavy atom. The van der Waals surface area contributed by atoms with Crippen LogP contribution in [0.3, 0.4) is 0 Å². The third-order valence-corrected chi connectivity index (χ3v) is 5.49. The van der Waals surface area contributed by atoms with Gasteiger partial charge in [0, 0.05) is 27.2 Å². The van der Waals surface area contributed by atoms with Gasteiger partial charge in [0.2, 0.25) is 11.2 Å². The van der Waals surface area contributed by atoms with E-state index in [1.807, 2.05) is 0 Å². The van der Waals surface area contributed by atoms with Gasteiger partial charge in [-0.1, -0.05) is 47.5 Å². The van der Waals surface area contributed by atoms with Gasteiger partial charge in [0.05, 0.1) is 18.1 Å². The molecule has 0 bridgehead atoms. The molecule has 0 aliphatic heterocycles. The summed E-state index contributed by atoms with van der Waals surface area (Å²) in [5.74, 6) is -1.09. The van der Waals surface area contributed by atoms with Crippen LogP contribution >= 0.6 is 23.2 Å². The lowest BCUT2D eigenvalue weighted by Crippen LogP contribution is -2.16. The van der Waals surface area contributed by atoms with Crippen LogP contribution in [0, 0.1) is 0 Å². The van der Waals surface area contributed by atoms with Gasteiger partial charge >= 0.3 is 6.18 Å². The van der Waals surface area contributed by atoms with Crippen LogP contribution < -0.4 is 14.9 Å². The minimum absolute atomic E-state index is 0.0133. The summed E-state index contributed by atoms with van der Waals surface area (Å²) >= 11 is 12.0. The van der Waals surface area contributed by atoms with Crippen molar-refractivity contribution in [3.05, 3.63) is 92.3 Å². The average molecular weight is 495 g/mol. The highest BCUT2D eigenvalue weighted by atomic mass is 35.5. The number of fused-ring (bicyclic) bond motifs is 1. The number of benzene rings is 3. The molecule has 1 aromatic heterocycles. The van der Waals surface area contributed by atoms with E-state index in [1.54, 1.807) is 24.3 Å². The molecule has 0 unspecified atom stereocenters. The van der Waals surface area contributed by atoms with E-state index < -0.39 is 22.9 Å². The summed E-state index contributed by atoms with van der Waals surface area (Å²) in [6, 6.07) is 14.9.